The number of carbonyl (C=O) groups is 1. The zero-order valence-corrected chi connectivity index (χ0v) is 21.8. The largest absolute Gasteiger partial charge is 0.446 e. The van der Waals surface area contributed by atoms with E-state index in [1.807, 2.05) is 0 Å². The maximum absolute atomic E-state index is 11.9. The lowest BCUT2D eigenvalue weighted by Crippen LogP contribution is -2.31. The van der Waals surface area contributed by atoms with E-state index in [-0.39, 0.29) is 12.2 Å². The van der Waals surface area contributed by atoms with Gasteiger partial charge in [-0.25, -0.2) is 4.79 Å². The molecule has 1 rings (SSSR count). The molecule has 1 unspecified atom stereocenters. The SMILES string of the molecule is NCCOCCOCCOCCOCCOCCOCCOCCNC(=O)OC1CC/C=C/CCC1. The van der Waals surface area contributed by atoms with Crippen LogP contribution < -0.4 is 11.1 Å². The Kier molecular flexibility index (Phi) is 24.3. The Bertz CT molecular complexity index is 512. The third kappa shape index (κ3) is 23.1. The summed E-state index contributed by atoms with van der Waals surface area (Å²) in [6, 6.07) is 0. The number of alkyl carbamates (subject to hydrolysis) is 1. The van der Waals surface area contributed by atoms with Gasteiger partial charge in [0.15, 0.2) is 0 Å². The fraction of sp³-hybridized carbons (Fsp3) is 0.880. The molecule has 0 radical (unpaired) electrons. The van der Waals surface area contributed by atoms with Crippen molar-refractivity contribution < 1.29 is 42.7 Å². The molecule has 0 bridgehead atoms. The molecule has 212 valence electrons. The van der Waals surface area contributed by atoms with E-state index in [1.54, 1.807) is 0 Å². The fourth-order valence-electron chi connectivity index (χ4n) is 3.17. The van der Waals surface area contributed by atoms with E-state index in [4.69, 9.17) is 43.6 Å². The standard InChI is InChI=1S/C25H48N2O9/c26-8-10-29-12-14-31-16-18-33-20-22-35-23-21-34-19-17-32-15-13-30-11-9-27-25(28)36-24-6-4-2-1-3-5-7-24/h1-2,24H,3-23,26H2,(H,27,28)/b2-1+. The highest BCUT2D eigenvalue weighted by Crippen LogP contribution is 2.15. The van der Waals surface area contributed by atoms with Gasteiger partial charge in [-0.15, -0.1) is 0 Å². The van der Waals surface area contributed by atoms with Gasteiger partial charge in [0.1, 0.15) is 6.10 Å². The maximum atomic E-state index is 11.9. The molecule has 1 atom stereocenters. The highest BCUT2D eigenvalue weighted by atomic mass is 16.6. The van der Waals surface area contributed by atoms with Crippen molar-refractivity contribution in [1.29, 1.82) is 0 Å². The molecule has 0 aromatic rings. The van der Waals surface area contributed by atoms with Crippen molar-refractivity contribution in [3.8, 4) is 0 Å². The van der Waals surface area contributed by atoms with Crippen LogP contribution in [-0.2, 0) is 37.9 Å². The number of ether oxygens (including phenoxy) is 8. The zero-order chi connectivity index (χ0) is 25.8. The Morgan fingerprint density at radius 1 is 0.639 bits per heavy atom. The molecule has 1 aliphatic carbocycles. The minimum atomic E-state index is -0.371. The van der Waals surface area contributed by atoms with Crippen LogP contribution in [0, 0.1) is 0 Å². The van der Waals surface area contributed by atoms with Gasteiger partial charge in [-0.1, -0.05) is 12.2 Å². The van der Waals surface area contributed by atoms with Crippen molar-refractivity contribution in [2.75, 3.05) is 106 Å². The lowest BCUT2D eigenvalue weighted by Gasteiger charge is -2.18. The van der Waals surface area contributed by atoms with E-state index in [9.17, 15) is 4.79 Å². The van der Waals surface area contributed by atoms with Gasteiger partial charge in [-0.3, -0.25) is 0 Å². The Labute approximate surface area is 216 Å². The van der Waals surface area contributed by atoms with Crippen molar-refractivity contribution in [2.24, 2.45) is 5.73 Å². The number of amides is 1. The third-order valence-electron chi connectivity index (χ3n) is 5.00. The molecular weight excluding hydrogens is 472 g/mol. The predicted octanol–water partition coefficient (Wildman–Crippen LogP) is 1.68. The Balaban J connectivity index is 1.71. The number of rotatable bonds is 24. The fourth-order valence-corrected chi connectivity index (χ4v) is 3.17. The van der Waals surface area contributed by atoms with Crippen LogP contribution in [0.4, 0.5) is 4.79 Å². The minimum Gasteiger partial charge on any atom is -0.446 e. The van der Waals surface area contributed by atoms with Crippen LogP contribution in [0.1, 0.15) is 32.1 Å². The lowest BCUT2D eigenvalue weighted by molar-refractivity contribution is -0.0201. The summed E-state index contributed by atoms with van der Waals surface area (Å²) in [6.45, 7) is 8.04. The predicted molar refractivity (Wildman–Crippen MR) is 135 cm³/mol. The van der Waals surface area contributed by atoms with Gasteiger partial charge in [0.2, 0.25) is 0 Å². The van der Waals surface area contributed by atoms with Gasteiger partial charge < -0.3 is 48.9 Å². The number of hydrogen-bond donors (Lipinski definition) is 2. The summed E-state index contributed by atoms with van der Waals surface area (Å²) in [6.07, 6.45) is 8.85. The van der Waals surface area contributed by atoms with Gasteiger partial charge in [-0.2, -0.15) is 0 Å². The molecule has 1 aliphatic rings. The molecule has 0 spiro atoms. The van der Waals surface area contributed by atoms with Crippen LogP contribution in [0.25, 0.3) is 0 Å². The second-order valence-electron chi connectivity index (χ2n) is 8.01. The summed E-state index contributed by atoms with van der Waals surface area (Å²) in [4.78, 5) is 11.9. The van der Waals surface area contributed by atoms with Crippen LogP contribution >= 0.6 is 0 Å². The van der Waals surface area contributed by atoms with E-state index in [0.29, 0.717) is 106 Å². The number of nitrogens with two attached hydrogens (primary N) is 1. The summed E-state index contributed by atoms with van der Waals surface area (Å²) >= 11 is 0. The van der Waals surface area contributed by atoms with Crippen molar-refractivity contribution in [1.82, 2.24) is 5.32 Å². The van der Waals surface area contributed by atoms with E-state index in [1.165, 1.54) is 0 Å². The number of allylic oxidation sites excluding steroid dienone is 2. The summed E-state index contributed by atoms with van der Waals surface area (Å²) in [5, 5.41) is 2.73. The smallest absolute Gasteiger partial charge is 0.407 e. The second-order valence-corrected chi connectivity index (χ2v) is 8.01. The molecule has 0 fully saturated rings. The van der Waals surface area contributed by atoms with Crippen molar-refractivity contribution in [3.63, 3.8) is 0 Å². The van der Waals surface area contributed by atoms with Crippen molar-refractivity contribution in [2.45, 2.75) is 38.2 Å². The van der Waals surface area contributed by atoms with Crippen LogP contribution in [0.3, 0.4) is 0 Å². The zero-order valence-electron chi connectivity index (χ0n) is 21.8. The lowest BCUT2D eigenvalue weighted by atomic mass is 10.0. The average Bonchev–Trinajstić information content (AvgIpc) is 2.86. The number of hydrogen-bond acceptors (Lipinski definition) is 10. The topological polar surface area (TPSA) is 129 Å². The number of nitrogens with one attached hydrogen (secondary N) is 1. The van der Waals surface area contributed by atoms with E-state index in [0.717, 1.165) is 32.1 Å². The normalized spacial score (nSPS) is 16.9. The van der Waals surface area contributed by atoms with Gasteiger partial charge in [-0.05, 0) is 32.1 Å². The van der Waals surface area contributed by atoms with Crippen molar-refractivity contribution >= 4 is 6.09 Å². The molecule has 36 heavy (non-hydrogen) atoms. The quantitative estimate of drug-likeness (QED) is 0.143. The maximum Gasteiger partial charge on any atom is 0.407 e. The Morgan fingerprint density at radius 2 is 1.08 bits per heavy atom. The molecule has 0 aliphatic heterocycles. The molecule has 0 saturated carbocycles. The monoisotopic (exact) mass is 520 g/mol. The Morgan fingerprint density at radius 3 is 1.58 bits per heavy atom. The first kappa shape index (κ1) is 32.7. The van der Waals surface area contributed by atoms with Gasteiger partial charge in [0, 0.05) is 13.1 Å². The van der Waals surface area contributed by atoms with Gasteiger partial charge >= 0.3 is 6.09 Å². The number of carbonyl (C=O) groups excluding carboxylic acids is 1. The molecule has 0 aromatic heterocycles. The van der Waals surface area contributed by atoms with E-state index in [2.05, 4.69) is 17.5 Å². The van der Waals surface area contributed by atoms with Crippen LogP contribution in [0.5, 0.6) is 0 Å². The summed E-state index contributed by atoms with van der Waals surface area (Å²) < 4.78 is 43.2. The highest BCUT2D eigenvalue weighted by molar-refractivity contribution is 5.67. The summed E-state index contributed by atoms with van der Waals surface area (Å²) in [5.41, 5.74) is 5.32. The summed E-state index contributed by atoms with van der Waals surface area (Å²) in [7, 11) is 0. The molecular formula is C25H48N2O9. The average molecular weight is 521 g/mol. The first-order valence-electron chi connectivity index (χ1n) is 13.2. The van der Waals surface area contributed by atoms with Crippen LogP contribution in [-0.4, -0.2) is 118 Å². The van der Waals surface area contributed by atoms with Gasteiger partial charge in [0.25, 0.3) is 0 Å². The molecule has 0 aromatic carbocycles. The molecule has 1 amide bonds. The molecule has 3 N–H and O–H groups in total. The summed E-state index contributed by atoms with van der Waals surface area (Å²) in [5.74, 6) is 0. The molecule has 0 heterocycles. The van der Waals surface area contributed by atoms with Gasteiger partial charge in [0.05, 0.1) is 92.5 Å². The first-order valence-corrected chi connectivity index (χ1v) is 13.2. The van der Waals surface area contributed by atoms with E-state index < -0.39 is 0 Å². The van der Waals surface area contributed by atoms with Crippen LogP contribution in [0.2, 0.25) is 0 Å². The minimum absolute atomic E-state index is 0.000862. The van der Waals surface area contributed by atoms with Crippen molar-refractivity contribution in [3.05, 3.63) is 12.2 Å². The molecule has 11 nitrogen and oxygen atoms in total. The van der Waals surface area contributed by atoms with E-state index >= 15 is 0 Å². The molecule has 0 saturated heterocycles. The molecule has 11 heteroatoms. The first-order chi connectivity index (χ1) is 17.8. The highest BCUT2D eigenvalue weighted by Gasteiger charge is 2.14. The third-order valence-corrected chi connectivity index (χ3v) is 5.00. The Hall–Kier alpha value is -1.31. The second kappa shape index (κ2) is 26.7. The van der Waals surface area contributed by atoms with Crippen LogP contribution in [0.15, 0.2) is 12.2 Å².